The molecule has 0 atom stereocenters. The van der Waals surface area contributed by atoms with Gasteiger partial charge in [0.25, 0.3) is 0 Å². The summed E-state index contributed by atoms with van der Waals surface area (Å²) in [6.45, 7) is 7.99. The molecule has 0 aliphatic heterocycles. The highest BCUT2D eigenvalue weighted by Crippen LogP contribution is 2.19. The van der Waals surface area contributed by atoms with Gasteiger partial charge >= 0.3 is 0 Å². The Morgan fingerprint density at radius 1 is 1.32 bits per heavy atom. The van der Waals surface area contributed by atoms with Crippen LogP contribution >= 0.6 is 11.6 Å². The molecule has 106 valence electrons. The van der Waals surface area contributed by atoms with Crippen LogP contribution in [-0.2, 0) is 4.79 Å². The van der Waals surface area contributed by atoms with Crippen molar-refractivity contribution in [2.45, 2.75) is 33.6 Å². The lowest BCUT2D eigenvalue weighted by Crippen LogP contribution is -2.23. The van der Waals surface area contributed by atoms with Crippen LogP contribution in [0.25, 0.3) is 0 Å². The van der Waals surface area contributed by atoms with E-state index in [0.717, 1.165) is 24.2 Å². The maximum absolute atomic E-state index is 11.8. The zero-order valence-corrected chi connectivity index (χ0v) is 12.7. The van der Waals surface area contributed by atoms with Crippen LogP contribution in [0.3, 0.4) is 0 Å². The van der Waals surface area contributed by atoms with E-state index < -0.39 is 0 Å². The van der Waals surface area contributed by atoms with Gasteiger partial charge in [-0.2, -0.15) is 0 Å². The molecule has 1 aromatic rings. The van der Waals surface area contributed by atoms with Crippen molar-refractivity contribution in [2.24, 2.45) is 5.92 Å². The van der Waals surface area contributed by atoms with Gasteiger partial charge in [-0.25, -0.2) is 0 Å². The largest absolute Gasteiger partial charge is 0.326 e. The number of halogens is 1. The zero-order valence-electron chi connectivity index (χ0n) is 11.9. The first-order valence-corrected chi connectivity index (χ1v) is 7.13. The van der Waals surface area contributed by atoms with E-state index in [9.17, 15) is 4.79 Å². The van der Waals surface area contributed by atoms with Crippen LogP contribution in [0.2, 0.25) is 5.02 Å². The highest BCUT2D eigenvalue weighted by Gasteiger charge is 2.04. The molecule has 0 aliphatic carbocycles. The molecule has 1 aromatic carbocycles. The summed E-state index contributed by atoms with van der Waals surface area (Å²) >= 11 is 5.87. The Bertz CT molecular complexity index is 419. The minimum absolute atomic E-state index is 0.0301. The third-order valence-corrected chi connectivity index (χ3v) is 3.12. The summed E-state index contributed by atoms with van der Waals surface area (Å²) in [6, 6.07) is 5.46. The predicted octanol–water partition coefficient (Wildman–Crippen LogP) is 3.61. The summed E-state index contributed by atoms with van der Waals surface area (Å²) in [5.41, 5.74) is 1.81. The molecule has 0 fully saturated rings. The average Bonchev–Trinajstić information content (AvgIpc) is 2.32. The van der Waals surface area contributed by atoms with Crippen LogP contribution in [0.1, 0.15) is 32.3 Å². The third kappa shape index (κ3) is 6.60. The first-order chi connectivity index (χ1) is 8.99. The summed E-state index contributed by atoms with van der Waals surface area (Å²) in [6.07, 6.45) is 1.62. The lowest BCUT2D eigenvalue weighted by molar-refractivity contribution is -0.116. The second-order valence-electron chi connectivity index (χ2n) is 5.19. The Hall–Kier alpha value is -1.06. The molecule has 0 radical (unpaired) electrons. The van der Waals surface area contributed by atoms with Crippen LogP contribution in [0.4, 0.5) is 5.69 Å². The number of aryl methyl sites for hydroxylation is 1. The van der Waals surface area contributed by atoms with Crippen LogP contribution in [-0.4, -0.2) is 19.0 Å². The number of nitrogens with one attached hydrogen (secondary N) is 2. The van der Waals surface area contributed by atoms with Crippen molar-refractivity contribution in [3.05, 3.63) is 28.8 Å². The molecule has 1 rings (SSSR count). The monoisotopic (exact) mass is 282 g/mol. The van der Waals surface area contributed by atoms with Gasteiger partial charge in [0.15, 0.2) is 0 Å². The number of hydrogen-bond donors (Lipinski definition) is 2. The van der Waals surface area contributed by atoms with Gasteiger partial charge in [0, 0.05) is 23.7 Å². The Labute approximate surface area is 120 Å². The van der Waals surface area contributed by atoms with Crippen molar-refractivity contribution in [2.75, 3.05) is 18.4 Å². The van der Waals surface area contributed by atoms with E-state index in [4.69, 9.17) is 11.6 Å². The number of carbonyl (C=O) groups excluding carboxylic acids is 1. The number of carbonyl (C=O) groups is 1. The molecule has 0 aromatic heterocycles. The van der Waals surface area contributed by atoms with Gasteiger partial charge in [-0.15, -0.1) is 0 Å². The minimum Gasteiger partial charge on any atom is -0.326 e. The second-order valence-corrected chi connectivity index (χ2v) is 5.63. The van der Waals surface area contributed by atoms with Gasteiger partial charge in [0.05, 0.1) is 0 Å². The molecule has 0 spiro atoms. The highest BCUT2D eigenvalue weighted by molar-refractivity contribution is 6.30. The molecule has 0 heterocycles. The smallest absolute Gasteiger partial charge is 0.225 e. The van der Waals surface area contributed by atoms with E-state index >= 15 is 0 Å². The quantitative estimate of drug-likeness (QED) is 0.750. The molecular weight excluding hydrogens is 260 g/mol. The van der Waals surface area contributed by atoms with Crippen LogP contribution < -0.4 is 10.6 Å². The van der Waals surface area contributed by atoms with E-state index in [-0.39, 0.29) is 5.91 Å². The van der Waals surface area contributed by atoms with Gasteiger partial charge in [-0.1, -0.05) is 25.4 Å². The zero-order chi connectivity index (χ0) is 14.3. The van der Waals surface area contributed by atoms with E-state index in [1.807, 2.05) is 19.1 Å². The van der Waals surface area contributed by atoms with Crippen molar-refractivity contribution in [1.29, 1.82) is 0 Å². The van der Waals surface area contributed by atoms with Crippen molar-refractivity contribution < 1.29 is 4.79 Å². The lowest BCUT2D eigenvalue weighted by atomic mass is 10.1. The van der Waals surface area contributed by atoms with Crippen LogP contribution in [0, 0.1) is 12.8 Å². The Morgan fingerprint density at radius 3 is 2.68 bits per heavy atom. The molecule has 4 heteroatoms. The van der Waals surface area contributed by atoms with Gasteiger partial charge in [-0.05, 0) is 49.6 Å². The van der Waals surface area contributed by atoms with Crippen molar-refractivity contribution in [1.82, 2.24) is 5.32 Å². The Morgan fingerprint density at radius 2 is 2.05 bits per heavy atom. The second kappa shape index (κ2) is 8.18. The molecule has 3 nitrogen and oxygen atoms in total. The first kappa shape index (κ1) is 16.0. The van der Waals surface area contributed by atoms with Crippen molar-refractivity contribution >= 4 is 23.2 Å². The van der Waals surface area contributed by atoms with E-state index in [1.165, 1.54) is 0 Å². The normalized spacial score (nSPS) is 10.8. The number of hydrogen-bond acceptors (Lipinski definition) is 2. The lowest BCUT2D eigenvalue weighted by Gasteiger charge is -2.09. The Balaban J connectivity index is 2.27. The summed E-state index contributed by atoms with van der Waals surface area (Å²) < 4.78 is 0. The summed E-state index contributed by atoms with van der Waals surface area (Å²) in [4.78, 5) is 11.8. The third-order valence-electron chi connectivity index (χ3n) is 2.89. The molecule has 0 unspecified atom stereocenters. The van der Waals surface area contributed by atoms with Gasteiger partial charge in [0.1, 0.15) is 0 Å². The maximum atomic E-state index is 11.8. The fourth-order valence-corrected chi connectivity index (χ4v) is 1.92. The number of benzene rings is 1. The predicted molar refractivity (Wildman–Crippen MR) is 81.8 cm³/mol. The molecule has 0 aliphatic rings. The molecular formula is C15H23ClN2O. The van der Waals surface area contributed by atoms with Crippen LogP contribution in [0.5, 0.6) is 0 Å². The fourth-order valence-electron chi connectivity index (χ4n) is 1.70. The molecule has 19 heavy (non-hydrogen) atoms. The Kier molecular flexibility index (Phi) is 6.89. The SMILES string of the molecule is Cc1cc(Cl)ccc1NC(=O)CCNCCC(C)C. The maximum Gasteiger partial charge on any atom is 0.225 e. The minimum atomic E-state index is 0.0301. The summed E-state index contributed by atoms with van der Waals surface area (Å²) in [7, 11) is 0. The topological polar surface area (TPSA) is 41.1 Å². The van der Waals surface area contributed by atoms with E-state index in [2.05, 4.69) is 24.5 Å². The van der Waals surface area contributed by atoms with Gasteiger partial charge in [-0.3, -0.25) is 4.79 Å². The average molecular weight is 283 g/mol. The molecule has 2 N–H and O–H groups in total. The van der Waals surface area contributed by atoms with Crippen molar-refractivity contribution in [3.63, 3.8) is 0 Å². The molecule has 0 bridgehead atoms. The fraction of sp³-hybridized carbons (Fsp3) is 0.533. The van der Waals surface area contributed by atoms with E-state index in [0.29, 0.717) is 23.9 Å². The van der Waals surface area contributed by atoms with Gasteiger partial charge < -0.3 is 10.6 Å². The van der Waals surface area contributed by atoms with Gasteiger partial charge in [0.2, 0.25) is 5.91 Å². The summed E-state index contributed by atoms with van der Waals surface area (Å²) in [5.74, 6) is 0.723. The highest BCUT2D eigenvalue weighted by atomic mass is 35.5. The molecule has 0 saturated heterocycles. The summed E-state index contributed by atoms with van der Waals surface area (Å²) in [5, 5.41) is 6.86. The number of amides is 1. The molecule has 1 amide bonds. The van der Waals surface area contributed by atoms with Crippen LogP contribution in [0.15, 0.2) is 18.2 Å². The first-order valence-electron chi connectivity index (χ1n) is 6.75. The number of rotatable bonds is 7. The van der Waals surface area contributed by atoms with E-state index in [1.54, 1.807) is 6.07 Å². The molecule has 0 saturated carbocycles. The number of anilines is 1. The van der Waals surface area contributed by atoms with Crippen molar-refractivity contribution in [3.8, 4) is 0 Å². The standard InChI is InChI=1S/C15H23ClN2O/c1-11(2)6-8-17-9-7-15(19)18-14-5-4-13(16)10-12(14)3/h4-5,10-11,17H,6-9H2,1-3H3,(H,18,19).